The van der Waals surface area contributed by atoms with Crippen molar-refractivity contribution in [2.45, 2.75) is 38.0 Å². The van der Waals surface area contributed by atoms with Crippen molar-refractivity contribution in [2.24, 2.45) is 0 Å². The SMILES string of the molecule is Cc1nc(C2(C)CC(F)(F)C2)no1. The van der Waals surface area contributed by atoms with Gasteiger partial charge in [-0.2, -0.15) is 4.98 Å². The molecule has 3 nitrogen and oxygen atoms in total. The van der Waals surface area contributed by atoms with E-state index in [1.54, 1.807) is 13.8 Å². The van der Waals surface area contributed by atoms with Gasteiger partial charge in [-0.05, 0) is 0 Å². The van der Waals surface area contributed by atoms with Crippen LogP contribution in [0.2, 0.25) is 0 Å². The highest BCUT2D eigenvalue weighted by molar-refractivity contribution is 5.15. The number of rotatable bonds is 1. The van der Waals surface area contributed by atoms with E-state index in [1.165, 1.54) is 0 Å². The summed E-state index contributed by atoms with van der Waals surface area (Å²) in [6.45, 7) is 3.38. The van der Waals surface area contributed by atoms with Crippen LogP contribution in [-0.2, 0) is 5.41 Å². The molecule has 1 aliphatic carbocycles. The Morgan fingerprint density at radius 3 is 2.38 bits per heavy atom. The monoisotopic (exact) mass is 188 g/mol. The fourth-order valence-electron chi connectivity index (χ4n) is 1.79. The molecule has 0 saturated heterocycles. The second kappa shape index (κ2) is 2.27. The topological polar surface area (TPSA) is 38.9 Å². The third-order valence-electron chi connectivity index (χ3n) is 2.36. The molecule has 0 atom stereocenters. The first-order valence-electron chi connectivity index (χ1n) is 4.10. The fourth-order valence-corrected chi connectivity index (χ4v) is 1.79. The van der Waals surface area contributed by atoms with E-state index in [2.05, 4.69) is 10.1 Å². The number of nitrogens with zero attached hydrogens (tertiary/aromatic N) is 2. The van der Waals surface area contributed by atoms with Crippen molar-refractivity contribution >= 4 is 0 Å². The van der Waals surface area contributed by atoms with Crippen LogP contribution in [0.15, 0.2) is 4.52 Å². The number of aryl methyl sites for hydroxylation is 1. The summed E-state index contributed by atoms with van der Waals surface area (Å²) in [7, 11) is 0. The maximum Gasteiger partial charge on any atom is 0.250 e. The van der Waals surface area contributed by atoms with E-state index in [0.717, 1.165) is 0 Å². The molecule has 1 aliphatic rings. The highest BCUT2D eigenvalue weighted by atomic mass is 19.3. The van der Waals surface area contributed by atoms with Crippen LogP contribution >= 0.6 is 0 Å². The zero-order chi connectivity index (χ0) is 9.69. The molecule has 0 N–H and O–H groups in total. The zero-order valence-corrected chi connectivity index (χ0v) is 7.47. The normalized spacial score (nSPS) is 24.0. The molecule has 72 valence electrons. The highest BCUT2D eigenvalue weighted by Gasteiger charge is 2.56. The maximum atomic E-state index is 12.6. The molecular formula is C8H10F2N2O. The molecule has 0 amide bonds. The molecule has 1 saturated carbocycles. The van der Waals surface area contributed by atoms with Crippen molar-refractivity contribution in [1.82, 2.24) is 10.1 Å². The minimum absolute atomic E-state index is 0.182. The molecule has 0 aliphatic heterocycles. The van der Waals surface area contributed by atoms with Gasteiger partial charge in [-0.3, -0.25) is 0 Å². The molecule has 0 unspecified atom stereocenters. The molecule has 0 radical (unpaired) electrons. The first kappa shape index (κ1) is 8.59. The largest absolute Gasteiger partial charge is 0.340 e. The van der Waals surface area contributed by atoms with Crippen molar-refractivity contribution in [3.63, 3.8) is 0 Å². The fraction of sp³-hybridized carbons (Fsp3) is 0.750. The summed E-state index contributed by atoms with van der Waals surface area (Å²) in [6, 6.07) is 0. The Morgan fingerprint density at radius 2 is 2.00 bits per heavy atom. The second-order valence-electron chi connectivity index (χ2n) is 3.91. The lowest BCUT2D eigenvalue weighted by Gasteiger charge is -2.42. The van der Waals surface area contributed by atoms with E-state index in [1.807, 2.05) is 0 Å². The Morgan fingerprint density at radius 1 is 1.38 bits per heavy atom. The van der Waals surface area contributed by atoms with Crippen LogP contribution in [0.5, 0.6) is 0 Å². The van der Waals surface area contributed by atoms with E-state index in [0.29, 0.717) is 11.7 Å². The third-order valence-corrected chi connectivity index (χ3v) is 2.36. The van der Waals surface area contributed by atoms with Crippen molar-refractivity contribution in [3.8, 4) is 0 Å². The minimum atomic E-state index is -2.55. The molecule has 5 heteroatoms. The summed E-state index contributed by atoms with van der Waals surface area (Å²) < 4.78 is 30.0. The standard InChI is InChI=1S/C8H10F2N2O/c1-5-11-6(12-13-5)7(2)3-8(9,10)4-7/h3-4H2,1-2H3. The van der Waals surface area contributed by atoms with Crippen molar-refractivity contribution in [3.05, 3.63) is 11.7 Å². The van der Waals surface area contributed by atoms with Gasteiger partial charge in [0.25, 0.3) is 0 Å². The van der Waals surface area contributed by atoms with Gasteiger partial charge in [0.05, 0.1) is 0 Å². The van der Waals surface area contributed by atoms with Crippen LogP contribution in [0.1, 0.15) is 31.5 Å². The van der Waals surface area contributed by atoms with Crippen LogP contribution in [0.4, 0.5) is 8.78 Å². The second-order valence-corrected chi connectivity index (χ2v) is 3.91. The number of aromatic nitrogens is 2. The Bertz CT molecular complexity index is 327. The molecule has 1 aromatic rings. The van der Waals surface area contributed by atoms with E-state index < -0.39 is 11.3 Å². The van der Waals surface area contributed by atoms with Gasteiger partial charge in [0, 0.05) is 25.2 Å². The van der Waals surface area contributed by atoms with E-state index in [4.69, 9.17) is 4.52 Å². The van der Waals surface area contributed by atoms with Crippen molar-refractivity contribution < 1.29 is 13.3 Å². The summed E-state index contributed by atoms with van der Waals surface area (Å²) in [5.41, 5.74) is -0.596. The number of hydrogen-bond donors (Lipinski definition) is 0. The average molecular weight is 188 g/mol. The Kier molecular flexibility index (Phi) is 1.50. The zero-order valence-electron chi connectivity index (χ0n) is 7.47. The average Bonchev–Trinajstić information content (AvgIpc) is 2.31. The van der Waals surface area contributed by atoms with E-state index >= 15 is 0 Å². The van der Waals surface area contributed by atoms with Gasteiger partial charge in [-0.15, -0.1) is 0 Å². The predicted molar refractivity (Wildman–Crippen MR) is 40.6 cm³/mol. The van der Waals surface area contributed by atoms with Crippen LogP contribution in [-0.4, -0.2) is 16.1 Å². The highest BCUT2D eigenvalue weighted by Crippen LogP contribution is 2.52. The number of hydrogen-bond acceptors (Lipinski definition) is 3. The lowest BCUT2D eigenvalue weighted by atomic mass is 9.67. The van der Waals surface area contributed by atoms with Gasteiger partial charge in [-0.25, -0.2) is 8.78 Å². The predicted octanol–water partition coefficient (Wildman–Crippen LogP) is 2.06. The maximum absolute atomic E-state index is 12.6. The van der Waals surface area contributed by atoms with Gasteiger partial charge in [0.1, 0.15) is 0 Å². The van der Waals surface area contributed by atoms with Gasteiger partial charge in [0.2, 0.25) is 11.8 Å². The Balaban J connectivity index is 2.20. The molecular weight excluding hydrogens is 178 g/mol. The van der Waals surface area contributed by atoms with Crippen LogP contribution in [0.25, 0.3) is 0 Å². The molecule has 1 aromatic heterocycles. The molecule has 1 fully saturated rings. The van der Waals surface area contributed by atoms with Crippen LogP contribution in [0.3, 0.4) is 0 Å². The molecule has 0 spiro atoms. The molecule has 0 bridgehead atoms. The molecule has 2 rings (SSSR count). The first-order valence-corrected chi connectivity index (χ1v) is 4.10. The first-order chi connectivity index (χ1) is 5.91. The van der Waals surface area contributed by atoms with Gasteiger partial charge in [0.15, 0.2) is 5.82 Å². The number of halogens is 2. The quantitative estimate of drug-likeness (QED) is 0.677. The van der Waals surface area contributed by atoms with Gasteiger partial charge in [-0.1, -0.05) is 12.1 Å². The van der Waals surface area contributed by atoms with E-state index in [-0.39, 0.29) is 12.8 Å². The summed E-state index contributed by atoms with van der Waals surface area (Å²) in [4.78, 5) is 3.96. The van der Waals surface area contributed by atoms with Crippen LogP contribution < -0.4 is 0 Å². The Labute approximate surface area is 74.1 Å². The molecule has 0 aromatic carbocycles. The van der Waals surface area contributed by atoms with Crippen molar-refractivity contribution in [1.29, 1.82) is 0 Å². The summed E-state index contributed by atoms with van der Waals surface area (Å²) in [6.07, 6.45) is -0.363. The third kappa shape index (κ3) is 1.32. The smallest absolute Gasteiger partial charge is 0.250 e. The van der Waals surface area contributed by atoms with Crippen molar-refractivity contribution in [2.75, 3.05) is 0 Å². The summed E-state index contributed by atoms with van der Waals surface area (Å²) >= 11 is 0. The summed E-state index contributed by atoms with van der Waals surface area (Å²) in [5.74, 6) is -1.73. The molecule has 13 heavy (non-hydrogen) atoms. The number of alkyl halides is 2. The summed E-state index contributed by atoms with van der Waals surface area (Å²) in [5, 5.41) is 3.66. The Hall–Kier alpha value is -1.00. The minimum Gasteiger partial charge on any atom is -0.340 e. The van der Waals surface area contributed by atoms with Crippen LogP contribution in [0, 0.1) is 6.92 Å². The van der Waals surface area contributed by atoms with E-state index in [9.17, 15) is 8.78 Å². The van der Waals surface area contributed by atoms with Gasteiger partial charge >= 0.3 is 0 Å². The lowest BCUT2D eigenvalue weighted by Crippen LogP contribution is -2.47. The molecule has 1 heterocycles. The van der Waals surface area contributed by atoms with Gasteiger partial charge < -0.3 is 4.52 Å². The lowest BCUT2D eigenvalue weighted by molar-refractivity contribution is -0.123.